The quantitative estimate of drug-likeness (QED) is 0.471. The molecule has 2 aliphatic rings. The topological polar surface area (TPSA) is 83.4 Å². The molecule has 5 rings (SSSR count). The van der Waals surface area contributed by atoms with E-state index in [1.807, 2.05) is 41.6 Å². The predicted molar refractivity (Wildman–Crippen MR) is 141 cm³/mol. The molecule has 2 atom stereocenters. The van der Waals surface area contributed by atoms with Crippen molar-refractivity contribution in [2.45, 2.75) is 31.1 Å². The normalized spacial score (nSPS) is 19.5. The Kier molecular flexibility index (Phi) is 6.96. The SMILES string of the molecule is CCOc1ccc(NC(=O)C[C@@H]2SC(N3N=C(c4cccs4)C[C@H]3c3ccccc3)=NC2=O)cc1. The van der Waals surface area contributed by atoms with Crippen LogP contribution in [0.2, 0.25) is 0 Å². The van der Waals surface area contributed by atoms with Crippen molar-refractivity contribution < 1.29 is 14.3 Å². The number of thiophene rings is 1. The molecular weight excluding hydrogens is 480 g/mol. The van der Waals surface area contributed by atoms with Crippen LogP contribution < -0.4 is 10.1 Å². The van der Waals surface area contributed by atoms with E-state index >= 15 is 0 Å². The fraction of sp³-hybridized carbons (Fsp3) is 0.231. The van der Waals surface area contributed by atoms with Crippen LogP contribution in [0, 0.1) is 0 Å². The molecule has 0 aliphatic carbocycles. The van der Waals surface area contributed by atoms with Crippen LogP contribution in [0.3, 0.4) is 0 Å². The maximum absolute atomic E-state index is 12.7. The van der Waals surface area contributed by atoms with Crippen LogP contribution in [0.1, 0.15) is 36.2 Å². The number of carbonyl (C=O) groups excluding carboxylic acids is 2. The van der Waals surface area contributed by atoms with Crippen LogP contribution in [-0.2, 0) is 9.59 Å². The monoisotopic (exact) mass is 504 g/mol. The van der Waals surface area contributed by atoms with Gasteiger partial charge >= 0.3 is 0 Å². The Balaban J connectivity index is 1.28. The van der Waals surface area contributed by atoms with Gasteiger partial charge in [0.25, 0.3) is 5.91 Å². The highest BCUT2D eigenvalue weighted by Crippen LogP contribution is 2.39. The molecule has 3 heterocycles. The zero-order chi connectivity index (χ0) is 24.2. The Morgan fingerprint density at radius 2 is 1.91 bits per heavy atom. The fourth-order valence-electron chi connectivity index (χ4n) is 4.00. The van der Waals surface area contributed by atoms with Crippen LogP contribution in [0.5, 0.6) is 5.75 Å². The highest BCUT2D eigenvalue weighted by Gasteiger charge is 2.39. The van der Waals surface area contributed by atoms with Crippen LogP contribution in [-0.4, -0.2) is 39.6 Å². The van der Waals surface area contributed by atoms with Crippen LogP contribution >= 0.6 is 23.1 Å². The van der Waals surface area contributed by atoms with Gasteiger partial charge in [-0.2, -0.15) is 10.1 Å². The lowest BCUT2D eigenvalue weighted by Gasteiger charge is -2.23. The number of anilines is 1. The number of aliphatic imine (C=N–C) groups is 1. The molecule has 0 radical (unpaired) electrons. The number of hydrazone groups is 1. The summed E-state index contributed by atoms with van der Waals surface area (Å²) in [5.74, 6) is 0.199. The lowest BCUT2D eigenvalue weighted by atomic mass is 10.0. The Morgan fingerprint density at radius 3 is 2.63 bits per heavy atom. The third-order valence-electron chi connectivity index (χ3n) is 5.65. The minimum atomic E-state index is -0.579. The average Bonchev–Trinajstić information content (AvgIpc) is 3.61. The number of hydrogen-bond donors (Lipinski definition) is 1. The average molecular weight is 505 g/mol. The summed E-state index contributed by atoms with van der Waals surface area (Å²) in [4.78, 5) is 30.8. The highest BCUT2D eigenvalue weighted by atomic mass is 32.2. The van der Waals surface area contributed by atoms with E-state index in [-0.39, 0.29) is 24.3 Å². The van der Waals surface area contributed by atoms with Crippen molar-refractivity contribution in [3.8, 4) is 5.75 Å². The van der Waals surface area contributed by atoms with Gasteiger partial charge in [0.1, 0.15) is 11.0 Å². The first-order chi connectivity index (χ1) is 17.1. The molecule has 0 bridgehead atoms. The largest absolute Gasteiger partial charge is 0.494 e. The number of benzene rings is 2. The summed E-state index contributed by atoms with van der Waals surface area (Å²) in [6, 6.07) is 21.3. The number of amides is 2. The van der Waals surface area contributed by atoms with Gasteiger partial charge in [0.15, 0.2) is 5.17 Å². The lowest BCUT2D eigenvalue weighted by Crippen LogP contribution is -2.25. The third kappa shape index (κ3) is 5.31. The second-order valence-corrected chi connectivity index (χ2v) is 10.2. The van der Waals surface area contributed by atoms with Gasteiger partial charge in [-0.25, -0.2) is 5.01 Å². The third-order valence-corrected chi connectivity index (χ3v) is 7.71. The number of thioether (sulfide) groups is 1. The van der Waals surface area contributed by atoms with Crippen molar-refractivity contribution in [3.63, 3.8) is 0 Å². The molecule has 1 N–H and O–H groups in total. The smallest absolute Gasteiger partial charge is 0.262 e. The molecule has 0 spiro atoms. The summed E-state index contributed by atoms with van der Waals surface area (Å²) in [5, 5.41) is 11.5. The molecule has 2 aromatic carbocycles. The first-order valence-electron chi connectivity index (χ1n) is 11.4. The zero-order valence-corrected chi connectivity index (χ0v) is 20.7. The Bertz CT molecular complexity index is 1260. The fourth-order valence-corrected chi connectivity index (χ4v) is 5.78. The molecule has 1 aromatic heterocycles. The van der Waals surface area contributed by atoms with Crippen LogP contribution in [0.25, 0.3) is 0 Å². The molecular formula is C26H24N4O3S2. The Hall–Kier alpha value is -3.43. The van der Waals surface area contributed by atoms with E-state index in [0.717, 1.165) is 28.3 Å². The van der Waals surface area contributed by atoms with E-state index in [0.29, 0.717) is 17.5 Å². The summed E-state index contributed by atoms with van der Waals surface area (Å²) in [5.41, 5.74) is 2.74. The maximum Gasteiger partial charge on any atom is 0.262 e. The van der Waals surface area contributed by atoms with Crippen molar-refractivity contribution >= 4 is 51.5 Å². The molecule has 2 amide bonds. The zero-order valence-electron chi connectivity index (χ0n) is 19.1. The van der Waals surface area contributed by atoms with Crippen molar-refractivity contribution in [3.05, 3.63) is 82.6 Å². The minimum Gasteiger partial charge on any atom is -0.494 e. The number of ether oxygens (including phenoxy) is 1. The van der Waals surface area contributed by atoms with Crippen molar-refractivity contribution in [1.82, 2.24) is 5.01 Å². The number of nitrogens with one attached hydrogen (secondary N) is 1. The molecule has 0 saturated carbocycles. The van der Waals surface area contributed by atoms with Gasteiger partial charge in [-0.1, -0.05) is 48.2 Å². The summed E-state index contributed by atoms with van der Waals surface area (Å²) in [6.07, 6.45) is 0.760. The van der Waals surface area contributed by atoms with E-state index in [9.17, 15) is 9.59 Å². The Labute approximate surface area is 211 Å². The second-order valence-electron chi connectivity index (χ2n) is 8.05. The van der Waals surface area contributed by atoms with E-state index < -0.39 is 5.25 Å². The van der Waals surface area contributed by atoms with E-state index in [4.69, 9.17) is 9.84 Å². The van der Waals surface area contributed by atoms with Crippen molar-refractivity contribution in [2.75, 3.05) is 11.9 Å². The summed E-state index contributed by atoms with van der Waals surface area (Å²) in [7, 11) is 0. The molecule has 178 valence electrons. The van der Waals surface area contributed by atoms with Gasteiger partial charge in [0, 0.05) is 18.5 Å². The van der Waals surface area contributed by atoms with Crippen molar-refractivity contribution in [2.24, 2.45) is 10.1 Å². The molecule has 9 heteroatoms. The minimum absolute atomic E-state index is 0.0368. The first-order valence-corrected chi connectivity index (χ1v) is 13.1. The number of amidine groups is 1. The van der Waals surface area contributed by atoms with E-state index in [1.165, 1.54) is 11.8 Å². The molecule has 2 aliphatic heterocycles. The Morgan fingerprint density at radius 1 is 1.11 bits per heavy atom. The summed E-state index contributed by atoms with van der Waals surface area (Å²) in [6.45, 7) is 2.50. The van der Waals surface area contributed by atoms with E-state index in [2.05, 4.69) is 28.5 Å². The predicted octanol–water partition coefficient (Wildman–Crippen LogP) is 5.32. The number of carbonyl (C=O) groups is 2. The van der Waals surface area contributed by atoms with Gasteiger partial charge < -0.3 is 10.1 Å². The van der Waals surface area contributed by atoms with Crippen LogP contribution in [0.15, 0.2) is 82.2 Å². The summed E-state index contributed by atoms with van der Waals surface area (Å²) >= 11 is 2.95. The molecule has 7 nitrogen and oxygen atoms in total. The van der Waals surface area contributed by atoms with E-state index in [1.54, 1.807) is 35.6 Å². The van der Waals surface area contributed by atoms with Gasteiger partial charge in [-0.15, -0.1) is 11.3 Å². The van der Waals surface area contributed by atoms with Crippen LogP contribution in [0.4, 0.5) is 5.69 Å². The number of hydrogen-bond acceptors (Lipinski definition) is 7. The van der Waals surface area contributed by atoms with Gasteiger partial charge in [0.05, 0.1) is 23.2 Å². The number of nitrogens with zero attached hydrogens (tertiary/aromatic N) is 3. The lowest BCUT2D eigenvalue weighted by molar-refractivity contribution is -0.121. The standard InChI is InChI=1S/C26H24N4O3S2/c1-2-33-19-12-10-18(11-13-19)27-24(31)16-23-25(32)28-26(35-23)30-21(17-7-4-3-5-8-17)15-20(29-30)22-9-6-14-34-22/h3-14,21,23H,2,15-16H2,1H3,(H,27,31)/t21-,23-/m0/s1. The molecule has 35 heavy (non-hydrogen) atoms. The molecule has 3 aromatic rings. The molecule has 0 fully saturated rings. The van der Waals surface area contributed by atoms with Gasteiger partial charge in [-0.05, 0) is 48.2 Å². The number of rotatable bonds is 7. The van der Waals surface area contributed by atoms with Gasteiger partial charge in [0.2, 0.25) is 5.91 Å². The highest BCUT2D eigenvalue weighted by molar-refractivity contribution is 8.15. The maximum atomic E-state index is 12.7. The van der Waals surface area contributed by atoms with Crippen molar-refractivity contribution in [1.29, 1.82) is 0 Å². The molecule has 0 unspecified atom stereocenters. The summed E-state index contributed by atoms with van der Waals surface area (Å²) < 4.78 is 5.43. The second kappa shape index (κ2) is 10.5. The molecule has 0 saturated heterocycles. The van der Waals surface area contributed by atoms with Gasteiger partial charge in [-0.3, -0.25) is 9.59 Å². The first kappa shape index (κ1) is 23.3.